The Bertz CT molecular complexity index is 1510. The number of hydrogen-bond donors (Lipinski definition) is 3. The van der Waals surface area contributed by atoms with E-state index < -0.39 is 56.8 Å². The molecule has 4 N–H and O–H groups in total. The fraction of sp³-hybridized carbons (Fsp3) is 0.469. The number of allylic oxidation sites excluding steroid dienone is 4. The SMILES string of the molecule is C[C@H]1CNC[C@H](CCc2c(F)cccc2NC(=O)[C@@H](N)C2(C3C=C(F)C=C(F)C3)CCOCC2)N1S(=O)(=O)c1ccccc1. The molecule has 5 rings (SSSR count). The minimum atomic E-state index is -3.81. The van der Waals surface area contributed by atoms with Gasteiger partial charge in [-0.05, 0) is 68.9 Å². The number of benzene rings is 2. The van der Waals surface area contributed by atoms with Crippen molar-refractivity contribution in [3.63, 3.8) is 0 Å². The summed E-state index contributed by atoms with van der Waals surface area (Å²) in [7, 11) is -3.81. The smallest absolute Gasteiger partial charge is 0.243 e. The van der Waals surface area contributed by atoms with Crippen LogP contribution in [0.2, 0.25) is 0 Å². The maximum Gasteiger partial charge on any atom is 0.243 e. The Labute approximate surface area is 256 Å². The van der Waals surface area contributed by atoms with Gasteiger partial charge in [-0.25, -0.2) is 21.6 Å². The minimum Gasteiger partial charge on any atom is -0.381 e. The van der Waals surface area contributed by atoms with Crippen LogP contribution in [0.5, 0.6) is 0 Å². The first-order chi connectivity index (χ1) is 21.0. The van der Waals surface area contributed by atoms with Gasteiger partial charge >= 0.3 is 0 Å². The molecule has 0 radical (unpaired) electrons. The van der Waals surface area contributed by atoms with Crippen molar-refractivity contribution in [2.24, 2.45) is 17.1 Å². The maximum absolute atomic E-state index is 15.3. The van der Waals surface area contributed by atoms with Gasteiger partial charge in [0.25, 0.3) is 0 Å². The summed E-state index contributed by atoms with van der Waals surface area (Å²) in [6.07, 6.45) is 3.18. The molecule has 2 aromatic carbocycles. The van der Waals surface area contributed by atoms with Crippen LogP contribution in [0.1, 0.15) is 38.2 Å². The standard InChI is InChI=1S/C32H39F3N4O4S/c1-21-19-37-20-25(39(21)44(41,42)26-6-3-2-4-7-26)10-11-27-28(35)8-5-9-29(27)38-31(40)30(36)32(12-14-43-15-13-32)22-16-23(33)18-24(34)17-22/h2-9,16,18,21-22,25,30,37H,10-15,17,19-20,36H2,1H3,(H,38,40)/t21-,22?,25-,30+/m0/s1. The molecule has 0 saturated carbocycles. The Hall–Kier alpha value is -3.03. The van der Waals surface area contributed by atoms with Crippen LogP contribution in [0.15, 0.2) is 77.2 Å². The molecule has 44 heavy (non-hydrogen) atoms. The molecule has 0 spiro atoms. The fourth-order valence-electron chi connectivity index (χ4n) is 6.84. The molecular weight excluding hydrogens is 593 g/mol. The first-order valence-electron chi connectivity index (χ1n) is 15.0. The highest BCUT2D eigenvalue weighted by Crippen LogP contribution is 2.47. The zero-order valence-electron chi connectivity index (χ0n) is 24.6. The number of nitrogens with zero attached hydrogens (tertiary/aromatic N) is 1. The van der Waals surface area contributed by atoms with Gasteiger partial charge < -0.3 is 21.1 Å². The van der Waals surface area contributed by atoms with Gasteiger partial charge in [0.1, 0.15) is 17.5 Å². The number of nitrogens with one attached hydrogen (secondary N) is 2. The Kier molecular flexibility index (Phi) is 9.96. The summed E-state index contributed by atoms with van der Waals surface area (Å²) in [5.41, 5.74) is 6.06. The van der Waals surface area contributed by atoms with Crippen LogP contribution in [-0.2, 0) is 26.0 Å². The number of nitrogens with two attached hydrogens (primary N) is 1. The Morgan fingerprint density at radius 3 is 2.55 bits per heavy atom. The molecular formula is C32H39F3N4O4S. The van der Waals surface area contributed by atoms with Crippen molar-refractivity contribution in [1.82, 2.24) is 9.62 Å². The molecule has 3 aliphatic rings. The normalized spacial score (nSPS) is 25.1. The zero-order valence-corrected chi connectivity index (χ0v) is 25.5. The highest BCUT2D eigenvalue weighted by Gasteiger charge is 2.48. The van der Waals surface area contributed by atoms with Crippen LogP contribution in [0.3, 0.4) is 0 Å². The predicted molar refractivity (Wildman–Crippen MR) is 162 cm³/mol. The van der Waals surface area contributed by atoms with Crippen molar-refractivity contribution in [3.05, 3.63) is 83.7 Å². The first kappa shape index (κ1) is 32.4. The van der Waals surface area contributed by atoms with E-state index in [0.717, 1.165) is 6.08 Å². The molecule has 2 fully saturated rings. The third kappa shape index (κ3) is 6.64. The molecule has 12 heteroatoms. The Balaban J connectivity index is 1.36. The van der Waals surface area contributed by atoms with E-state index in [0.29, 0.717) is 39.1 Å². The van der Waals surface area contributed by atoms with E-state index in [9.17, 15) is 22.0 Å². The lowest BCUT2D eigenvalue weighted by atomic mass is 9.63. The minimum absolute atomic E-state index is 0.0736. The van der Waals surface area contributed by atoms with Gasteiger partial charge in [0.05, 0.1) is 10.9 Å². The van der Waals surface area contributed by atoms with Crippen LogP contribution >= 0.6 is 0 Å². The highest BCUT2D eigenvalue weighted by atomic mass is 32.2. The third-order valence-electron chi connectivity index (χ3n) is 9.17. The molecule has 0 bridgehead atoms. The first-order valence-corrected chi connectivity index (χ1v) is 16.4. The lowest BCUT2D eigenvalue weighted by Gasteiger charge is -2.46. The zero-order chi connectivity index (χ0) is 31.5. The van der Waals surface area contributed by atoms with Gasteiger partial charge in [-0.1, -0.05) is 24.3 Å². The van der Waals surface area contributed by atoms with E-state index in [4.69, 9.17) is 10.5 Å². The van der Waals surface area contributed by atoms with Crippen molar-refractivity contribution in [3.8, 4) is 0 Å². The van der Waals surface area contributed by atoms with Crippen molar-refractivity contribution in [2.75, 3.05) is 31.6 Å². The van der Waals surface area contributed by atoms with Crippen LogP contribution in [0.25, 0.3) is 0 Å². The van der Waals surface area contributed by atoms with Gasteiger partial charge in [0.2, 0.25) is 15.9 Å². The fourth-order valence-corrected chi connectivity index (χ4v) is 8.70. The predicted octanol–water partition coefficient (Wildman–Crippen LogP) is 4.60. The summed E-state index contributed by atoms with van der Waals surface area (Å²) < 4.78 is 78.1. The average molecular weight is 633 g/mol. The molecule has 238 valence electrons. The number of hydrogen-bond acceptors (Lipinski definition) is 6. The van der Waals surface area contributed by atoms with E-state index in [1.165, 1.54) is 22.5 Å². The second kappa shape index (κ2) is 13.5. The van der Waals surface area contributed by atoms with E-state index in [1.54, 1.807) is 36.4 Å². The maximum atomic E-state index is 15.3. The van der Waals surface area contributed by atoms with E-state index in [2.05, 4.69) is 10.6 Å². The van der Waals surface area contributed by atoms with Gasteiger partial charge in [0.15, 0.2) is 0 Å². The molecule has 1 aliphatic carbocycles. The summed E-state index contributed by atoms with van der Waals surface area (Å²) >= 11 is 0. The Morgan fingerprint density at radius 1 is 1.11 bits per heavy atom. The van der Waals surface area contributed by atoms with Gasteiger partial charge in [0, 0.05) is 67.5 Å². The van der Waals surface area contributed by atoms with Crippen molar-refractivity contribution in [1.29, 1.82) is 0 Å². The highest BCUT2D eigenvalue weighted by molar-refractivity contribution is 7.89. The van der Waals surface area contributed by atoms with Crippen molar-refractivity contribution >= 4 is 21.6 Å². The number of rotatable bonds is 9. The Morgan fingerprint density at radius 2 is 1.84 bits per heavy atom. The number of ether oxygens (including phenoxy) is 1. The largest absolute Gasteiger partial charge is 0.381 e. The number of anilines is 1. The summed E-state index contributed by atoms with van der Waals surface area (Å²) in [6, 6.07) is 10.6. The molecule has 1 unspecified atom stereocenters. The molecule has 2 aliphatic heterocycles. The number of halogens is 3. The van der Waals surface area contributed by atoms with Crippen LogP contribution < -0.4 is 16.4 Å². The molecule has 2 saturated heterocycles. The van der Waals surface area contributed by atoms with Crippen LogP contribution in [0.4, 0.5) is 18.9 Å². The lowest BCUT2D eigenvalue weighted by Crippen LogP contribution is -2.58. The monoisotopic (exact) mass is 632 g/mol. The number of carbonyl (C=O) groups excluding carboxylic acids is 1. The number of sulfonamides is 1. The number of carbonyl (C=O) groups is 1. The van der Waals surface area contributed by atoms with Crippen LogP contribution in [0, 0.1) is 17.2 Å². The van der Waals surface area contributed by atoms with Gasteiger partial charge in [-0.3, -0.25) is 4.79 Å². The van der Waals surface area contributed by atoms with Crippen molar-refractivity contribution < 1.29 is 31.1 Å². The summed E-state index contributed by atoms with van der Waals surface area (Å²) in [5.74, 6) is -3.11. The second-order valence-electron chi connectivity index (χ2n) is 11.9. The molecule has 2 heterocycles. The van der Waals surface area contributed by atoms with E-state index in [-0.39, 0.29) is 41.5 Å². The quantitative estimate of drug-likeness (QED) is 0.373. The average Bonchev–Trinajstić information content (AvgIpc) is 3.00. The molecule has 1 amide bonds. The van der Waals surface area contributed by atoms with Crippen molar-refractivity contribution in [2.45, 2.75) is 62.0 Å². The summed E-state index contributed by atoms with van der Waals surface area (Å²) in [5, 5.41) is 6.05. The summed E-state index contributed by atoms with van der Waals surface area (Å²) in [4.78, 5) is 13.8. The van der Waals surface area contributed by atoms with Gasteiger partial charge in [-0.2, -0.15) is 4.31 Å². The molecule has 0 aromatic heterocycles. The van der Waals surface area contributed by atoms with Gasteiger partial charge in [-0.15, -0.1) is 0 Å². The second-order valence-corrected chi connectivity index (χ2v) is 13.7. The molecule has 4 atom stereocenters. The molecule has 2 aromatic rings. The van der Waals surface area contributed by atoms with E-state index in [1.807, 2.05) is 6.92 Å². The number of amides is 1. The number of piperazine rings is 1. The molecule has 8 nitrogen and oxygen atoms in total. The lowest BCUT2D eigenvalue weighted by molar-refractivity contribution is -0.124. The summed E-state index contributed by atoms with van der Waals surface area (Å²) in [6.45, 7) is 3.28. The topological polar surface area (TPSA) is 114 Å². The van der Waals surface area contributed by atoms with E-state index >= 15 is 4.39 Å². The van der Waals surface area contributed by atoms with Crippen LogP contribution in [-0.4, -0.2) is 63.1 Å². The third-order valence-corrected chi connectivity index (χ3v) is 11.3.